The number of hydrogen-bond donors (Lipinski definition) is 1. The quantitative estimate of drug-likeness (QED) is 0.736. The maximum absolute atomic E-state index is 11.4. The molecule has 0 spiro atoms. The van der Waals surface area contributed by atoms with Crippen LogP contribution in [0.5, 0.6) is 0 Å². The van der Waals surface area contributed by atoms with E-state index in [4.69, 9.17) is 4.98 Å². The highest BCUT2D eigenvalue weighted by Crippen LogP contribution is 2.31. The van der Waals surface area contributed by atoms with Gasteiger partial charge in [0.05, 0.1) is 23.0 Å². The van der Waals surface area contributed by atoms with Gasteiger partial charge in [-0.25, -0.2) is 4.98 Å². The minimum absolute atomic E-state index is 0.0420. The molecular weight excluding hydrogens is 300 g/mol. The lowest BCUT2D eigenvalue weighted by Crippen LogP contribution is -2.20. The fraction of sp³-hybridized carbons (Fsp3) is 0.300. The summed E-state index contributed by atoms with van der Waals surface area (Å²) >= 11 is 0. The number of para-hydroxylation sites is 2. The van der Waals surface area contributed by atoms with Crippen LogP contribution in [-0.4, -0.2) is 20.6 Å². The fourth-order valence-electron chi connectivity index (χ4n) is 3.19. The van der Waals surface area contributed by atoms with Gasteiger partial charge in [-0.15, -0.1) is 0 Å². The molecular formula is C20H22N2O2. The summed E-state index contributed by atoms with van der Waals surface area (Å²) in [6.07, 6.45) is 1.34. The van der Waals surface area contributed by atoms with Crippen LogP contribution in [-0.2, 0) is 11.2 Å². The Bertz CT molecular complexity index is 839. The molecule has 3 rings (SSSR count). The van der Waals surface area contributed by atoms with E-state index in [-0.39, 0.29) is 6.04 Å². The minimum Gasteiger partial charge on any atom is -0.481 e. The normalized spacial score (nSPS) is 13.8. The Kier molecular flexibility index (Phi) is 4.65. The molecule has 0 aliphatic rings. The van der Waals surface area contributed by atoms with E-state index in [0.29, 0.717) is 6.42 Å². The molecule has 4 heteroatoms. The first-order valence-electron chi connectivity index (χ1n) is 8.35. The number of benzene rings is 2. The third-order valence-electron chi connectivity index (χ3n) is 4.48. The van der Waals surface area contributed by atoms with Crippen LogP contribution in [0.2, 0.25) is 0 Å². The van der Waals surface area contributed by atoms with Gasteiger partial charge in [0.2, 0.25) is 0 Å². The molecule has 2 atom stereocenters. The number of aryl methyl sites for hydroxylation is 1. The molecule has 1 N–H and O–H groups in total. The topological polar surface area (TPSA) is 55.1 Å². The molecule has 1 aromatic heterocycles. The van der Waals surface area contributed by atoms with Crippen molar-refractivity contribution in [3.63, 3.8) is 0 Å². The molecule has 0 bridgehead atoms. The van der Waals surface area contributed by atoms with Gasteiger partial charge in [0.15, 0.2) is 0 Å². The lowest BCUT2D eigenvalue weighted by Gasteiger charge is -2.24. The average molecular weight is 322 g/mol. The second-order valence-corrected chi connectivity index (χ2v) is 6.14. The number of carboxylic acids is 1. The molecule has 124 valence electrons. The molecule has 2 aromatic carbocycles. The molecule has 0 saturated heterocycles. The van der Waals surface area contributed by atoms with Crippen molar-refractivity contribution in [1.82, 2.24) is 9.55 Å². The molecule has 3 aromatic rings. The number of nitrogens with zero attached hydrogens (tertiary/aromatic N) is 2. The monoisotopic (exact) mass is 322 g/mol. The standard InChI is InChI=1S/C20H22N2O2/c1-3-19-21-16-11-7-8-12-17(16)22(19)18(13-14(2)20(23)24)15-9-5-4-6-10-15/h4-12,14,18H,3,13H2,1-2H3,(H,23,24). The number of aromatic nitrogens is 2. The zero-order chi connectivity index (χ0) is 17.1. The Hall–Kier alpha value is -2.62. The highest BCUT2D eigenvalue weighted by Gasteiger charge is 2.24. The summed E-state index contributed by atoms with van der Waals surface area (Å²) in [5, 5.41) is 9.39. The molecule has 4 nitrogen and oxygen atoms in total. The van der Waals surface area contributed by atoms with Gasteiger partial charge in [-0.1, -0.05) is 56.3 Å². The molecule has 24 heavy (non-hydrogen) atoms. The van der Waals surface area contributed by atoms with E-state index in [1.54, 1.807) is 6.92 Å². The number of aliphatic carboxylic acids is 1. The van der Waals surface area contributed by atoms with Crippen LogP contribution in [0.4, 0.5) is 0 Å². The largest absolute Gasteiger partial charge is 0.481 e. The van der Waals surface area contributed by atoms with Crippen LogP contribution in [0.25, 0.3) is 11.0 Å². The first-order chi connectivity index (χ1) is 11.6. The number of rotatable bonds is 6. The van der Waals surface area contributed by atoms with Crippen molar-refractivity contribution >= 4 is 17.0 Å². The number of imidazole rings is 1. The van der Waals surface area contributed by atoms with E-state index >= 15 is 0 Å². The summed E-state index contributed by atoms with van der Waals surface area (Å²) in [6.45, 7) is 3.85. The summed E-state index contributed by atoms with van der Waals surface area (Å²) in [5.74, 6) is -0.206. The Morgan fingerprint density at radius 1 is 1.12 bits per heavy atom. The minimum atomic E-state index is -0.765. The van der Waals surface area contributed by atoms with Crippen LogP contribution >= 0.6 is 0 Å². The molecule has 0 aliphatic carbocycles. The Balaban J connectivity index is 2.17. The van der Waals surface area contributed by atoms with E-state index < -0.39 is 11.9 Å². The molecule has 0 fully saturated rings. The predicted molar refractivity (Wildman–Crippen MR) is 95.1 cm³/mol. The lowest BCUT2D eigenvalue weighted by atomic mass is 9.95. The summed E-state index contributed by atoms with van der Waals surface area (Å²) in [7, 11) is 0. The SMILES string of the molecule is CCc1nc2ccccc2n1C(CC(C)C(=O)O)c1ccccc1. The second kappa shape index (κ2) is 6.87. The molecule has 1 heterocycles. The van der Waals surface area contributed by atoms with Crippen LogP contribution in [0.15, 0.2) is 54.6 Å². The molecule has 2 unspecified atom stereocenters. The van der Waals surface area contributed by atoms with Crippen molar-refractivity contribution in [2.45, 2.75) is 32.7 Å². The summed E-state index contributed by atoms with van der Waals surface area (Å²) in [4.78, 5) is 16.2. The smallest absolute Gasteiger partial charge is 0.306 e. The van der Waals surface area contributed by atoms with E-state index in [2.05, 4.69) is 29.7 Å². The van der Waals surface area contributed by atoms with Crippen LogP contribution < -0.4 is 0 Å². The van der Waals surface area contributed by atoms with Crippen molar-refractivity contribution in [1.29, 1.82) is 0 Å². The predicted octanol–water partition coefficient (Wildman–Crippen LogP) is 4.30. The third kappa shape index (κ3) is 3.04. The van der Waals surface area contributed by atoms with Crippen LogP contribution in [0.3, 0.4) is 0 Å². The van der Waals surface area contributed by atoms with Crippen molar-refractivity contribution < 1.29 is 9.90 Å². The number of fused-ring (bicyclic) bond motifs is 1. The Labute approximate surface area is 141 Å². The highest BCUT2D eigenvalue weighted by atomic mass is 16.4. The number of carboxylic acid groups (broad SMARTS) is 1. The van der Waals surface area contributed by atoms with Crippen LogP contribution in [0, 0.1) is 5.92 Å². The zero-order valence-electron chi connectivity index (χ0n) is 14.0. The van der Waals surface area contributed by atoms with E-state index in [1.165, 1.54) is 0 Å². The summed E-state index contributed by atoms with van der Waals surface area (Å²) in [6, 6.07) is 18.1. The maximum atomic E-state index is 11.4. The van der Waals surface area contributed by atoms with Gasteiger partial charge >= 0.3 is 5.97 Å². The summed E-state index contributed by atoms with van der Waals surface area (Å²) in [5.41, 5.74) is 3.13. The van der Waals surface area contributed by atoms with E-state index in [9.17, 15) is 9.90 Å². The van der Waals surface area contributed by atoms with E-state index in [0.717, 1.165) is 28.8 Å². The Morgan fingerprint density at radius 2 is 1.79 bits per heavy atom. The van der Waals surface area contributed by atoms with Gasteiger partial charge in [-0.3, -0.25) is 4.79 Å². The van der Waals surface area contributed by atoms with Gasteiger partial charge in [-0.05, 0) is 24.1 Å². The first-order valence-corrected chi connectivity index (χ1v) is 8.35. The molecule has 0 aliphatic heterocycles. The molecule has 0 radical (unpaired) electrons. The number of hydrogen-bond acceptors (Lipinski definition) is 2. The highest BCUT2D eigenvalue weighted by molar-refractivity contribution is 5.76. The van der Waals surface area contributed by atoms with E-state index in [1.807, 2.05) is 36.4 Å². The van der Waals surface area contributed by atoms with Gasteiger partial charge in [0, 0.05) is 6.42 Å². The van der Waals surface area contributed by atoms with Crippen molar-refractivity contribution in [3.8, 4) is 0 Å². The molecule has 0 amide bonds. The summed E-state index contributed by atoms with van der Waals surface area (Å²) < 4.78 is 2.21. The van der Waals surface area contributed by atoms with Crippen molar-refractivity contribution in [3.05, 3.63) is 66.0 Å². The third-order valence-corrected chi connectivity index (χ3v) is 4.48. The lowest BCUT2D eigenvalue weighted by molar-refractivity contribution is -0.141. The van der Waals surface area contributed by atoms with Gasteiger partial charge in [0.1, 0.15) is 5.82 Å². The van der Waals surface area contributed by atoms with Crippen molar-refractivity contribution in [2.75, 3.05) is 0 Å². The van der Waals surface area contributed by atoms with Gasteiger partial charge in [0.25, 0.3) is 0 Å². The van der Waals surface area contributed by atoms with Crippen LogP contribution in [0.1, 0.15) is 37.7 Å². The fourth-order valence-corrected chi connectivity index (χ4v) is 3.19. The second-order valence-electron chi connectivity index (χ2n) is 6.14. The maximum Gasteiger partial charge on any atom is 0.306 e. The number of carbonyl (C=O) groups is 1. The average Bonchev–Trinajstić information content (AvgIpc) is 2.98. The van der Waals surface area contributed by atoms with Gasteiger partial charge < -0.3 is 9.67 Å². The first kappa shape index (κ1) is 16.2. The zero-order valence-corrected chi connectivity index (χ0v) is 14.0. The Morgan fingerprint density at radius 3 is 2.46 bits per heavy atom. The molecule has 0 saturated carbocycles. The van der Waals surface area contributed by atoms with Crippen molar-refractivity contribution in [2.24, 2.45) is 5.92 Å². The van der Waals surface area contributed by atoms with Gasteiger partial charge in [-0.2, -0.15) is 0 Å².